The number of carbonyl (C=O) groups is 1. The Bertz CT molecular complexity index is 1270. The van der Waals surface area contributed by atoms with E-state index in [1.165, 1.54) is 0 Å². The number of hydrogen-bond acceptors (Lipinski definition) is 3. The fourth-order valence-corrected chi connectivity index (χ4v) is 4.72. The van der Waals surface area contributed by atoms with Gasteiger partial charge in [-0.1, -0.05) is 48.4 Å². The first-order chi connectivity index (χ1) is 15.4. The SMILES string of the molecule is O=C(O)C(CCCCc1ccc(Cl)cc1)N(c1ccc2oc3ccccc3c2c1)S(=O)O. The Morgan fingerprint density at radius 3 is 2.44 bits per heavy atom. The van der Waals surface area contributed by atoms with Gasteiger partial charge in [0.05, 0.1) is 5.69 Å². The Kier molecular flexibility index (Phi) is 6.79. The predicted octanol–water partition coefficient (Wildman–Crippen LogP) is 6.05. The van der Waals surface area contributed by atoms with Crippen molar-refractivity contribution in [2.24, 2.45) is 0 Å². The molecule has 0 bridgehead atoms. The van der Waals surface area contributed by atoms with Crippen molar-refractivity contribution in [1.29, 1.82) is 0 Å². The molecule has 2 N–H and O–H groups in total. The van der Waals surface area contributed by atoms with Crippen LogP contribution >= 0.6 is 11.6 Å². The van der Waals surface area contributed by atoms with Gasteiger partial charge in [0.2, 0.25) is 0 Å². The van der Waals surface area contributed by atoms with E-state index in [0.717, 1.165) is 33.5 Å². The molecule has 166 valence electrons. The molecule has 1 heterocycles. The molecular formula is C24H22ClNO5S. The monoisotopic (exact) mass is 471 g/mol. The molecule has 0 spiro atoms. The third kappa shape index (κ3) is 4.80. The number of hydrogen-bond donors (Lipinski definition) is 2. The van der Waals surface area contributed by atoms with E-state index < -0.39 is 23.3 Å². The molecule has 0 fully saturated rings. The topological polar surface area (TPSA) is 91.0 Å². The van der Waals surface area contributed by atoms with Gasteiger partial charge in [-0.15, -0.1) is 0 Å². The Hall–Kier alpha value is -2.87. The van der Waals surface area contributed by atoms with Crippen molar-refractivity contribution in [3.8, 4) is 0 Å². The molecule has 1 aromatic heterocycles. The Morgan fingerprint density at radius 1 is 1.00 bits per heavy atom. The fraction of sp³-hybridized carbons (Fsp3) is 0.208. The van der Waals surface area contributed by atoms with Crippen LogP contribution in [0.1, 0.15) is 24.8 Å². The Labute approximate surface area is 192 Å². The van der Waals surface area contributed by atoms with E-state index in [1.54, 1.807) is 18.2 Å². The molecule has 0 amide bonds. The average Bonchev–Trinajstić information content (AvgIpc) is 3.14. The summed E-state index contributed by atoms with van der Waals surface area (Å²) in [5.41, 5.74) is 2.80. The predicted molar refractivity (Wildman–Crippen MR) is 127 cm³/mol. The van der Waals surface area contributed by atoms with E-state index in [0.29, 0.717) is 28.3 Å². The molecule has 0 radical (unpaired) electrons. The third-order valence-electron chi connectivity index (χ3n) is 5.46. The number of aliphatic carboxylic acids is 1. The molecule has 4 rings (SSSR count). The second-order valence-electron chi connectivity index (χ2n) is 7.56. The van der Waals surface area contributed by atoms with Gasteiger partial charge in [-0.25, -0.2) is 9.00 Å². The van der Waals surface area contributed by atoms with Gasteiger partial charge in [0.15, 0.2) is 0 Å². The minimum absolute atomic E-state index is 0.236. The number of nitrogens with zero attached hydrogens (tertiary/aromatic N) is 1. The lowest BCUT2D eigenvalue weighted by Gasteiger charge is -2.27. The number of para-hydroxylation sites is 1. The largest absolute Gasteiger partial charge is 0.480 e. The molecule has 2 unspecified atom stereocenters. The number of carboxylic acid groups (broad SMARTS) is 1. The van der Waals surface area contributed by atoms with Crippen molar-refractivity contribution in [2.45, 2.75) is 31.7 Å². The van der Waals surface area contributed by atoms with Crippen LogP contribution in [0.3, 0.4) is 0 Å². The van der Waals surface area contributed by atoms with Crippen molar-refractivity contribution in [3.05, 3.63) is 77.3 Å². The molecule has 0 saturated heterocycles. The van der Waals surface area contributed by atoms with Crippen molar-refractivity contribution >= 4 is 56.5 Å². The summed E-state index contributed by atoms with van der Waals surface area (Å²) in [5.74, 6) is -1.14. The summed E-state index contributed by atoms with van der Waals surface area (Å²) < 4.78 is 29.0. The first-order valence-electron chi connectivity index (χ1n) is 10.2. The second kappa shape index (κ2) is 9.73. The van der Waals surface area contributed by atoms with Gasteiger partial charge in [-0.05, 0) is 61.2 Å². The van der Waals surface area contributed by atoms with Gasteiger partial charge in [0.25, 0.3) is 11.3 Å². The molecule has 3 aromatic carbocycles. The lowest BCUT2D eigenvalue weighted by Crippen LogP contribution is -2.42. The van der Waals surface area contributed by atoms with Crippen LogP contribution in [0.25, 0.3) is 21.9 Å². The van der Waals surface area contributed by atoms with Crippen molar-refractivity contribution in [2.75, 3.05) is 4.31 Å². The number of furan rings is 1. The number of anilines is 1. The third-order valence-corrected chi connectivity index (χ3v) is 6.51. The van der Waals surface area contributed by atoms with Crippen LogP contribution in [-0.4, -0.2) is 25.9 Å². The van der Waals surface area contributed by atoms with Crippen LogP contribution < -0.4 is 4.31 Å². The van der Waals surface area contributed by atoms with E-state index in [-0.39, 0.29) is 6.42 Å². The number of unbranched alkanes of at least 4 members (excludes halogenated alkanes) is 1. The zero-order valence-electron chi connectivity index (χ0n) is 17.1. The minimum Gasteiger partial charge on any atom is -0.480 e. The zero-order valence-corrected chi connectivity index (χ0v) is 18.7. The molecule has 0 aliphatic rings. The maximum Gasteiger partial charge on any atom is 0.327 e. The molecule has 8 heteroatoms. The van der Waals surface area contributed by atoms with Gasteiger partial charge < -0.3 is 9.52 Å². The van der Waals surface area contributed by atoms with Gasteiger partial charge in [0, 0.05) is 15.8 Å². The maximum absolute atomic E-state index is 12.2. The highest BCUT2D eigenvalue weighted by molar-refractivity contribution is 7.80. The van der Waals surface area contributed by atoms with Crippen LogP contribution in [-0.2, 0) is 22.5 Å². The Balaban J connectivity index is 1.54. The molecule has 0 saturated carbocycles. The van der Waals surface area contributed by atoms with Crippen LogP contribution in [0.2, 0.25) is 5.02 Å². The first-order valence-corrected chi connectivity index (χ1v) is 11.7. The number of carboxylic acids is 1. The lowest BCUT2D eigenvalue weighted by molar-refractivity contribution is -0.138. The molecule has 2 atom stereocenters. The fourth-order valence-electron chi connectivity index (χ4n) is 3.89. The van der Waals surface area contributed by atoms with E-state index >= 15 is 0 Å². The Morgan fingerprint density at radius 2 is 1.72 bits per heavy atom. The van der Waals surface area contributed by atoms with E-state index in [4.69, 9.17) is 16.0 Å². The molecule has 0 aliphatic carbocycles. The zero-order chi connectivity index (χ0) is 22.7. The number of benzene rings is 3. The van der Waals surface area contributed by atoms with Gasteiger partial charge in [-0.3, -0.25) is 8.86 Å². The maximum atomic E-state index is 12.2. The molecule has 0 aliphatic heterocycles. The van der Waals surface area contributed by atoms with E-state index in [2.05, 4.69) is 0 Å². The van der Waals surface area contributed by atoms with Crippen LogP contribution in [0.15, 0.2) is 71.1 Å². The van der Waals surface area contributed by atoms with Gasteiger partial charge in [0.1, 0.15) is 17.2 Å². The summed E-state index contributed by atoms with van der Waals surface area (Å²) in [5, 5.41) is 12.1. The number of fused-ring (bicyclic) bond motifs is 3. The van der Waals surface area contributed by atoms with Crippen molar-refractivity contribution in [3.63, 3.8) is 0 Å². The summed E-state index contributed by atoms with van der Waals surface area (Å²) in [6, 6.07) is 18.9. The van der Waals surface area contributed by atoms with E-state index in [9.17, 15) is 18.7 Å². The summed E-state index contributed by atoms with van der Waals surface area (Å²) in [6.07, 6.45) is 2.35. The highest BCUT2D eigenvalue weighted by atomic mass is 35.5. The highest BCUT2D eigenvalue weighted by Crippen LogP contribution is 2.33. The first kappa shape index (κ1) is 22.3. The molecule has 32 heavy (non-hydrogen) atoms. The molecular weight excluding hydrogens is 450 g/mol. The van der Waals surface area contributed by atoms with Crippen LogP contribution in [0, 0.1) is 0 Å². The number of rotatable bonds is 9. The lowest BCUT2D eigenvalue weighted by atomic mass is 10.0. The standard InChI is InChI=1S/C24H22ClNO5S/c25-17-11-9-16(10-12-17)5-1-3-7-21(24(27)28)26(32(29)30)18-13-14-23-20(15-18)19-6-2-4-8-22(19)31-23/h2,4,6,8-15,21H,1,3,5,7H2,(H,27,28)(H,29,30). The average molecular weight is 472 g/mol. The van der Waals surface area contributed by atoms with E-state index in [1.807, 2.05) is 48.5 Å². The normalized spacial score (nSPS) is 13.3. The molecule has 6 nitrogen and oxygen atoms in total. The quantitative estimate of drug-likeness (QED) is 0.229. The summed E-state index contributed by atoms with van der Waals surface area (Å²) in [6.45, 7) is 0. The van der Waals surface area contributed by atoms with Crippen LogP contribution in [0.5, 0.6) is 0 Å². The van der Waals surface area contributed by atoms with Crippen molar-refractivity contribution < 1.29 is 23.1 Å². The summed E-state index contributed by atoms with van der Waals surface area (Å²) >= 11 is 3.40. The number of aryl methyl sites for hydroxylation is 1. The van der Waals surface area contributed by atoms with Gasteiger partial charge in [-0.2, -0.15) is 0 Å². The minimum atomic E-state index is -2.51. The van der Waals surface area contributed by atoms with Crippen LogP contribution in [0.4, 0.5) is 5.69 Å². The van der Waals surface area contributed by atoms with Gasteiger partial charge >= 0.3 is 5.97 Å². The number of halogens is 1. The highest BCUT2D eigenvalue weighted by Gasteiger charge is 2.30. The smallest absolute Gasteiger partial charge is 0.327 e. The molecule has 4 aromatic rings. The van der Waals surface area contributed by atoms with Crippen molar-refractivity contribution in [1.82, 2.24) is 0 Å². The second-order valence-corrected chi connectivity index (χ2v) is 8.85. The summed E-state index contributed by atoms with van der Waals surface area (Å²) in [4.78, 5) is 12.0. The summed E-state index contributed by atoms with van der Waals surface area (Å²) in [7, 11) is 0.